The van der Waals surface area contributed by atoms with Crippen LogP contribution in [0.5, 0.6) is 0 Å². The molecule has 3 amide bonds. The number of hydrogen-bond acceptors (Lipinski definition) is 13. The molecule has 0 radical (unpaired) electrons. The van der Waals surface area contributed by atoms with E-state index in [9.17, 15) is 38.4 Å². The highest BCUT2D eigenvalue weighted by Crippen LogP contribution is 2.07. The molecular formula is C26H40N4O16. The minimum atomic E-state index is -1.41. The van der Waals surface area contributed by atoms with E-state index in [0.717, 1.165) is 19.1 Å². The fraction of sp³-hybridized carbons (Fsp3) is 0.500. The van der Waals surface area contributed by atoms with Gasteiger partial charge in [-0.25, -0.2) is 28.8 Å². The molecule has 1 heterocycles. The largest absolute Gasteiger partial charge is 0.481 e. The van der Waals surface area contributed by atoms with Gasteiger partial charge in [0.05, 0.1) is 6.54 Å². The summed E-state index contributed by atoms with van der Waals surface area (Å²) in [4.78, 5) is 93.9. The highest BCUT2D eigenvalue weighted by atomic mass is 16.6. The SMILES string of the molecule is CC(=O)O.CC(C)(C)OC(=O)NC[C@H](N)C(=O)O.CC(C)(C)OC(=O)NC[C@H](NC(=O)/C=C\C(=O)O)C(=O)O.O=C1C=CC(=O)O1. The smallest absolute Gasteiger partial charge is 0.407 e. The van der Waals surface area contributed by atoms with Crippen LogP contribution in [0.1, 0.15) is 48.5 Å². The Bertz CT molecular complexity index is 1150. The van der Waals surface area contributed by atoms with Crippen LogP contribution in [0.15, 0.2) is 24.3 Å². The van der Waals surface area contributed by atoms with E-state index in [1.165, 1.54) is 0 Å². The fourth-order valence-corrected chi connectivity index (χ4v) is 1.96. The molecule has 9 N–H and O–H groups in total. The quantitative estimate of drug-likeness (QED) is 0.0657. The van der Waals surface area contributed by atoms with Crippen molar-refractivity contribution in [2.45, 2.75) is 71.8 Å². The number of carbonyl (C=O) groups excluding carboxylic acids is 5. The van der Waals surface area contributed by atoms with Crippen LogP contribution in [-0.4, -0.2) is 111 Å². The van der Waals surface area contributed by atoms with E-state index in [-0.39, 0.29) is 6.54 Å². The number of cyclic esters (lactones) is 2. The summed E-state index contributed by atoms with van der Waals surface area (Å²) in [5.41, 5.74) is 3.82. The third-order valence-corrected chi connectivity index (χ3v) is 3.58. The minimum absolute atomic E-state index is 0.149. The molecule has 0 fully saturated rings. The number of ether oxygens (including phenoxy) is 3. The number of carbonyl (C=O) groups is 9. The Hall–Kier alpha value is -5.53. The Morgan fingerprint density at radius 1 is 0.783 bits per heavy atom. The molecule has 0 unspecified atom stereocenters. The maximum atomic E-state index is 11.4. The van der Waals surface area contributed by atoms with Gasteiger partial charge in [-0.15, -0.1) is 0 Å². The minimum Gasteiger partial charge on any atom is -0.481 e. The second-order valence-corrected chi connectivity index (χ2v) is 10.4. The Balaban J connectivity index is -0.000000627. The second-order valence-electron chi connectivity index (χ2n) is 10.4. The number of nitrogens with one attached hydrogen (secondary N) is 3. The standard InChI is InChI=1S/C12H18N2O7.C8H16N2O4.C4H2O3.C2H4O2/c1-12(2,3)21-11(20)13-6-7(10(18)19)14-8(15)4-5-9(16)17;1-8(2,3)14-7(13)10-4-5(9)6(11)12;5-3-1-2-4(6)7-3;1-2(3)4/h4-5,7H,6H2,1-3H3,(H,13,20)(H,14,15)(H,16,17)(H,18,19);5H,4,9H2,1-3H3,(H,10,13)(H,11,12);1-2H;1H3,(H,3,4)/b5-4-;;;/t7-;5-;;/m00../s1. The summed E-state index contributed by atoms with van der Waals surface area (Å²) < 4.78 is 13.7. The molecule has 2 atom stereocenters. The summed E-state index contributed by atoms with van der Waals surface area (Å²) in [6.07, 6.45) is 1.91. The molecule has 0 saturated heterocycles. The lowest BCUT2D eigenvalue weighted by atomic mass is 10.2. The molecule has 1 rings (SSSR count). The van der Waals surface area contributed by atoms with E-state index in [4.69, 9.17) is 40.4 Å². The Labute approximate surface area is 262 Å². The van der Waals surface area contributed by atoms with E-state index >= 15 is 0 Å². The first-order valence-electron chi connectivity index (χ1n) is 12.8. The van der Waals surface area contributed by atoms with Gasteiger partial charge in [-0.3, -0.25) is 14.4 Å². The van der Waals surface area contributed by atoms with Gasteiger partial charge in [-0.1, -0.05) is 0 Å². The fourth-order valence-electron chi connectivity index (χ4n) is 1.96. The molecule has 0 saturated carbocycles. The van der Waals surface area contributed by atoms with E-state index in [1.54, 1.807) is 41.5 Å². The maximum Gasteiger partial charge on any atom is 0.407 e. The monoisotopic (exact) mass is 664 g/mol. The zero-order chi connectivity index (χ0) is 36.8. The zero-order valence-electron chi connectivity index (χ0n) is 26.1. The molecule has 0 spiro atoms. The summed E-state index contributed by atoms with van der Waals surface area (Å²) in [5.74, 6) is -6.79. The van der Waals surface area contributed by atoms with Gasteiger partial charge in [0, 0.05) is 37.8 Å². The first-order valence-corrected chi connectivity index (χ1v) is 12.8. The van der Waals surface area contributed by atoms with Crippen molar-refractivity contribution in [3.63, 3.8) is 0 Å². The average Bonchev–Trinajstić information content (AvgIpc) is 3.24. The predicted octanol–water partition coefficient (Wildman–Crippen LogP) is -0.639. The summed E-state index contributed by atoms with van der Waals surface area (Å²) in [6, 6.07) is -2.52. The number of carboxylic acids is 4. The molecule has 0 bridgehead atoms. The van der Waals surface area contributed by atoms with Crippen LogP contribution in [0, 0.1) is 0 Å². The number of esters is 2. The highest BCUT2D eigenvalue weighted by Gasteiger charge is 2.22. The van der Waals surface area contributed by atoms with Crippen LogP contribution in [-0.2, 0) is 47.8 Å². The topological polar surface area (TPSA) is 324 Å². The number of amides is 3. The van der Waals surface area contributed by atoms with E-state index in [1.807, 2.05) is 5.32 Å². The van der Waals surface area contributed by atoms with Crippen LogP contribution in [0.25, 0.3) is 0 Å². The van der Waals surface area contributed by atoms with Crippen LogP contribution >= 0.6 is 0 Å². The summed E-state index contributed by atoms with van der Waals surface area (Å²) in [5, 5.41) is 39.5. The maximum absolute atomic E-state index is 11.4. The van der Waals surface area contributed by atoms with Crippen molar-refractivity contribution in [1.82, 2.24) is 16.0 Å². The number of alkyl carbamates (subject to hydrolysis) is 2. The van der Waals surface area contributed by atoms with Crippen LogP contribution in [0.3, 0.4) is 0 Å². The molecule has 0 aliphatic carbocycles. The van der Waals surface area contributed by atoms with Gasteiger partial charge in [-0.2, -0.15) is 0 Å². The van der Waals surface area contributed by atoms with Crippen molar-refractivity contribution in [2.24, 2.45) is 5.73 Å². The van der Waals surface area contributed by atoms with Gasteiger partial charge in [0.2, 0.25) is 5.91 Å². The van der Waals surface area contributed by atoms with Gasteiger partial charge in [-0.05, 0) is 41.5 Å². The van der Waals surface area contributed by atoms with Gasteiger partial charge < -0.3 is 56.3 Å². The third kappa shape index (κ3) is 33.0. The van der Waals surface area contributed by atoms with Crippen LogP contribution < -0.4 is 21.7 Å². The molecule has 20 heteroatoms. The lowest BCUT2D eigenvalue weighted by Crippen LogP contribution is -2.48. The summed E-state index contributed by atoms with van der Waals surface area (Å²) in [6.45, 7) is 10.6. The van der Waals surface area contributed by atoms with Gasteiger partial charge in [0.15, 0.2) is 0 Å². The summed E-state index contributed by atoms with van der Waals surface area (Å²) >= 11 is 0. The van der Waals surface area contributed by atoms with E-state index in [0.29, 0.717) is 12.2 Å². The molecule has 0 aromatic rings. The molecule has 1 aliphatic rings. The molecule has 1 aliphatic heterocycles. The third-order valence-electron chi connectivity index (χ3n) is 3.58. The molecule has 20 nitrogen and oxygen atoms in total. The Morgan fingerprint density at radius 3 is 1.46 bits per heavy atom. The first kappa shape index (κ1) is 44.9. The van der Waals surface area contributed by atoms with Crippen molar-refractivity contribution >= 4 is 53.9 Å². The Morgan fingerprint density at radius 2 is 1.17 bits per heavy atom. The number of rotatable bonds is 9. The highest BCUT2D eigenvalue weighted by molar-refractivity contribution is 6.05. The van der Waals surface area contributed by atoms with Crippen molar-refractivity contribution in [3.8, 4) is 0 Å². The average molecular weight is 665 g/mol. The van der Waals surface area contributed by atoms with E-state index < -0.39 is 83.7 Å². The lowest BCUT2D eigenvalue weighted by Gasteiger charge is -2.21. The van der Waals surface area contributed by atoms with Crippen molar-refractivity contribution in [2.75, 3.05) is 13.1 Å². The zero-order valence-corrected chi connectivity index (χ0v) is 26.1. The van der Waals surface area contributed by atoms with Gasteiger partial charge in [0.1, 0.15) is 23.3 Å². The van der Waals surface area contributed by atoms with E-state index in [2.05, 4.69) is 15.4 Å². The lowest BCUT2D eigenvalue weighted by molar-refractivity contribution is -0.150. The Kier molecular flexibility index (Phi) is 21.5. The summed E-state index contributed by atoms with van der Waals surface area (Å²) in [7, 11) is 0. The molecule has 46 heavy (non-hydrogen) atoms. The van der Waals surface area contributed by atoms with Crippen molar-refractivity contribution in [1.29, 1.82) is 0 Å². The molecule has 0 aromatic carbocycles. The second kappa shape index (κ2) is 22.0. The number of carboxylic acid groups (broad SMARTS) is 4. The van der Waals surface area contributed by atoms with Crippen molar-refractivity contribution < 1.29 is 77.8 Å². The van der Waals surface area contributed by atoms with Crippen LogP contribution in [0.2, 0.25) is 0 Å². The predicted molar refractivity (Wildman–Crippen MR) is 154 cm³/mol. The van der Waals surface area contributed by atoms with Gasteiger partial charge in [0.25, 0.3) is 5.97 Å². The van der Waals surface area contributed by atoms with Crippen LogP contribution in [0.4, 0.5) is 9.59 Å². The molecular weight excluding hydrogens is 624 g/mol. The number of nitrogens with two attached hydrogens (primary N) is 1. The van der Waals surface area contributed by atoms with Crippen molar-refractivity contribution in [3.05, 3.63) is 24.3 Å². The van der Waals surface area contributed by atoms with Gasteiger partial charge >= 0.3 is 42.0 Å². The number of aliphatic carboxylic acids is 4. The molecule has 0 aromatic heterocycles. The molecule has 260 valence electrons. The number of hydrogen-bond donors (Lipinski definition) is 8. The first-order chi connectivity index (χ1) is 20.7. The normalized spacial score (nSPS) is 13.0.